The summed E-state index contributed by atoms with van der Waals surface area (Å²) < 4.78 is 0. The Balaban J connectivity index is -0.00000000758. The van der Waals surface area contributed by atoms with Crippen molar-refractivity contribution in [3.8, 4) is 39.4 Å². The van der Waals surface area contributed by atoms with Gasteiger partial charge in [-0.2, -0.15) is 0 Å². The van der Waals surface area contributed by atoms with Gasteiger partial charge in [-0.25, -0.2) is 31.6 Å². The van der Waals surface area contributed by atoms with E-state index in [2.05, 4.69) is 39.4 Å². The van der Waals surface area contributed by atoms with Crippen LogP contribution in [-0.4, -0.2) is 62.5 Å². The Bertz CT molecular complexity index is 171. The average molecular weight is 318 g/mol. The van der Waals surface area contributed by atoms with E-state index in [1.165, 1.54) is 0 Å². The van der Waals surface area contributed by atoms with Crippen LogP contribution in [0.25, 0.3) is 0 Å². The second kappa shape index (κ2) is 1350. The molecule has 1 N–H and O–H groups in total. The molecule has 18 heavy (non-hydrogen) atoms. The maximum absolute atomic E-state index is 9.00. The third kappa shape index (κ3) is 1300. The van der Waals surface area contributed by atoms with Crippen LogP contribution < -0.4 is 0 Å². The molecule has 0 aliphatic heterocycles. The molecule has 0 spiro atoms. The predicted octanol–water partition coefficient (Wildman–Crippen LogP) is 0.279. The molecule has 0 aliphatic carbocycles. The van der Waals surface area contributed by atoms with Crippen LogP contribution in [0.1, 0.15) is 6.92 Å². The monoisotopic (exact) mass is 318 g/mol. The Hall–Kier alpha value is -1.43. The van der Waals surface area contributed by atoms with Crippen molar-refractivity contribution in [2.24, 2.45) is 0 Å². The molecule has 10 heteroatoms. The van der Waals surface area contributed by atoms with Crippen LogP contribution in [-0.2, 0) is 21.9 Å². The molecule has 0 aromatic heterocycles. The molecule has 0 aromatic rings. The molecule has 0 aliphatic rings. The van der Waals surface area contributed by atoms with Crippen molar-refractivity contribution in [3.05, 3.63) is 0 Å². The van der Waals surface area contributed by atoms with Crippen molar-refractivity contribution in [1.82, 2.24) is 0 Å². The van der Waals surface area contributed by atoms with Gasteiger partial charge in [-0.05, 0) is 0 Å². The number of nitrogens with zero attached hydrogens (tertiary/aromatic N) is 6. The van der Waals surface area contributed by atoms with Gasteiger partial charge in [-0.3, -0.25) is 4.79 Å². The summed E-state index contributed by atoms with van der Waals surface area (Å²) >= 11 is 0. The van der Waals surface area contributed by atoms with Gasteiger partial charge in [0.25, 0.3) is 5.97 Å². The van der Waals surface area contributed by atoms with Gasteiger partial charge in [0.1, 0.15) is 0 Å². The average Bonchev–Trinajstić information content (AvgIpc) is 2.42. The minimum absolute atomic E-state index is 0. The summed E-state index contributed by atoms with van der Waals surface area (Å²) in [5, 5.41) is 46.4. The fourth-order valence-electron chi connectivity index (χ4n) is 0. The molecule has 0 radical (unpaired) electrons. The standard InChI is InChI=1S/C2H4O2.6CHN.Fe.K.H/c1-2(3)4;6*1-2;;;/h1H3,(H,3,4);6*1H;;;. The van der Waals surface area contributed by atoms with Crippen LogP contribution in [0.4, 0.5) is 0 Å². The third-order valence-electron chi connectivity index (χ3n) is 0. The van der Waals surface area contributed by atoms with Crippen molar-refractivity contribution in [2.75, 3.05) is 0 Å². The molecular weight excluding hydrogens is 307 g/mol. The molecule has 0 saturated heterocycles. The first-order chi connectivity index (χ1) is 7.73. The Kier molecular flexibility index (Phi) is 5250. The first-order valence-corrected chi connectivity index (χ1v) is 2.48. The van der Waals surface area contributed by atoms with Gasteiger partial charge < -0.3 is 5.11 Å². The van der Waals surface area contributed by atoms with E-state index in [0.717, 1.165) is 6.92 Å². The molecule has 0 unspecified atom stereocenters. The first kappa shape index (κ1) is 70.1. The predicted molar refractivity (Wildman–Crippen MR) is 60.5 cm³/mol. The fourth-order valence-corrected chi connectivity index (χ4v) is 0. The summed E-state index contributed by atoms with van der Waals surface area (Å²) in [6, 6.07) is 0. The molecule has 0 aromatic carbocycles. The Labute approximate surface area is 160 Å². The van der Waals surface area contributed by atoms with E-state index in [0.29, 0.717) is 0 Å². The van der Waals surface area contributed by atoms with E-state index in [-0.39, 0.29) is 68.5 Å². The van der Waals surface area contributed by atoms with Crippen molar-refractivity contribution >= 4 is 57.4 Å². The zero-order valence-corrected chi connectivity index (χ0v) is 9.96. The van der Waals surface area contributed by atoms with Crippen molar-refractivity contribution in [2.45, 2.75) is 6.92 Å². The van der Waals surface area contributed by atoms with Crippen LogP contribution in [0.3, 0.4) is 0 Å². The molecule has 0 heterocycles. The van der Waals surface area contributed by atoms with Crippen LogP contribution in [0.15, 0.2) is 0 Å². The van der Waals surface area contributed by atoms with Crippen LogP contribution >= 0.6 is 0 Å². The van der Waals surface area contributed by atoms with Gasteiger partial charge in [0.2, 0.25) is 0 Å². The van der Waals surface area contributed by atoms with Gasteiger partial charge in [0.15, 0.2) is 0 Å². The molecule has 0 atom stereocenters. The number of nitriles is 6. The molecular formula is C8H11FeKN6O2. The number of aliphatic carboxylic acids is 1. The molecule has 0 amide bonds. The molecule has 0 fully saturated rings. The minimum atomic E-state index is -0.833. The van der Waals surface area contributed by atoms with E-state index in [4.69, 9.17) is 41.5 Å². The van der Waals surface area contributed by atoms with Gasteiger partial charge in [0, 0.05) is 63.4 Å². The zero-order valence-electron chi connectivity index (χ0n) is 8.86. The number of carbonyl (C=O) groups is 1. The second-order valence-electron chi connectivity index (χ2n) is 0.519. The summed E-state index contributed by atoms with van der Waals surface area (Å²) in [5.74, 6) is -0.833. The summed E-state index contributed by atoms with van der Waals surface area (Å²) in [6.45, 7) is 22.1. The topological polar surface area (TPSA) is 180 Å². The Morgan fingerprint density at radius 3 is 0.722 bits per heavy atom. The Morgan fingerprint density at radius 2 is 0.722 bits per heavy atom. The van der Waals surface area contributed by atoms with Crippen molar-refractivity contribution in [1.29, 1.82) is 31.6 Å². The van der Waals surface area contributed by atoms with Crippen LogP contribution in [0.2, 0.25) is 0 Å². The van der Waals surface area contributed by atoms with E-state index < -0.39 is 5.97 Å². The summed E-state index contributed by atoms with van der Waals surface area (Å²) in [7, 11) is 0. The number of hydrogen-bond acceptors (Lipinski definition) is 7. The van der Waals surface area contributed by atoms with Crippen LogP contribution in [0.5, 0.6) is 0 Å². The number of hydrogen-bond donors (Lipinski definition) is 1. The Morgan fingerprint density at radius 1 is 0.722 bits per heavy atom. The fraction of sp³-hybridized carbons (Fsp3) is 0.125. The molecule has 8 nitrogen and oxygen atoms in total. The SMILES string of the molecule is C#N.C#N.C#N.C#N.C#N.C#N.CC(=O)O.[Fe].[KH]. The summed E-state index contributed by atoms with van der Waals surface area (Å²) in [5.41, 5.74) is 0. The maximum atomic E-state index is 9.00. The van der Waals surface area contributed by atoms with E-state index in [1.54, 1.807) is 0 Å². The number of carboxylic acid groups (broad SMARTS) is 1. The summed E-state index contributed by atoms with van der Waals surface area (Å²) in [4.78, 5) is 9.00. The number of rotatable bonds is 0. The molecule has 0 saturated carbocycles. The van der Waals surface area contributed by atoms with Gasteiger partial charge in [0.05, 0.1) is 0 Å². The molecule has 0 rings (SSSR count). The van der Waals surface area contributed by atoms with E-state index in [9.17, 15) is 0 Å². The normalized spacial score (nSPS) is 2.06. The molecule has 94 valence electrons. The number of carboxylic acids is 1. The van der Waals surface area contributed by atoms with Gasteiger partial charge in [-0.15, -0.1) is 0 Å². The van der Waals surface area contributed by atoms with E-state index in [1.807, 2.05) is 0 Å². The third-order valence-corrected chi connectivity index (χ3v) is 0. The summed E-state index contributed by atoms with van der Waals surface area (Å²) in [6.07, 6.45) is 0. The van der Waals surface area contributed by atoms with Gasteiger partial charge >= 0.3 is 51.4 Å². The first-order valence-electron chi connectivity index (χ1n) is 2.48. The second-order valence-corrected chi connectivity index (χ2v) is 0.519. The molecule has 0 bridgehead atoms. The quantitative estimate of drug-likeness (QED) is 0.618. The van der Waals surface area contributed by atoms with Gasteiger partial charge in [-0.1, -0.05) is 0 Å². The zero-order chi connectivity index (χ0) is 15.6. The van der Waals surface area contributed by atoms with Crippen molar-refractivity contribution < 1.29 is 27.0 Å². The van der Waals surface area contributed by atoms with Crippen molar-refractivity contribution in [3.63, 3.8) is 0 Å². The van der Waals surface area contributed by atoms with E-state index >= 15 is 0 Å². The van der Waals surface area contributed by atoms with Crippen LogP contribution in [0, 0.1) is 71.0 Å².